The van der Waals surface area contributed by atoms with Crippen molar-refractivity contribution in [2.75, 3.05) is 40.5 Å². The summed E-state index contributed by atoms with van der Waals surface area (Å²) in [6, 6.07) is 5.78. The molecule has 0 fully saturated rings. The maximum absolute atomic E-state index is 6.26. The molecule has 0 amide bonds. The zero-order valence-corrected chi connectivity index (χ0v) is 15.8. The summed E-state index contributed by atoms with van der Waals surface area (Å²) >= 11 is 6.26. The van der Waals surface area contributed by atoms with E-state index < -0.39 is 0 Å². The van der Waals surface area contributed by atoms with Crippen LogP contribution in [0, 0.1) is 0 Å². The van der Waals surface area contributed by atoms with Crippen LogP contribution in [0.25, 0.3) is 0 Å². The lowest BCUT2D eigenvalue weighted by Crippen LogP contribution is -2.38. The summed E-state index contributed by atoms with van der Waals surface area (Å²) in [6.07, 6.45) is 4.13. The van der Waals surface area contributed by atoms with Gasteiger partial charge in [0.2, 0.25) is 0 Å². The first-order valence-corrected chi connectivity index (χ1v) is 8.92. The molecule has 0 atom stereocenters. The molecule has 0 heterocycles. The van der Waals surface area contributed by atoms with Gasteiger partial charge >= 0.3 is 0 Å². The number of nitrogens with zero attached hydrogens (tertiary/aromatic N) is 1. The van der Waals surface area contributed by atoms with Crippen LogP contribution in [-0.4, -0.2) is 46.4 Å². The molecule has 0 saturated carbocycles. The number of hydrogen-bond acceptors (Lipinski definition) is 3. The Morgan fingerprint density at radius 1 is 1.17 bits per heavy atom. The monoisotopic (exact) mass is 355 g/mol. The standard InChI is InChI=1S/C18H30ClN3O2/c1-4-20-18(21-11-6-5-7-13-23-2)22-12-10-15-8-9-16(24-3)14-17(15)19/h8-9,14H,4-7,10-13H2,1-3H3,(H2,20,21,22). The zero-order valence-electron chi connectivity index (χ0n) is 15.0. The number of hydrogen-bond donors (Lipinski definition) is 2. The number of rotatable bonds is 11. The number of ether oxygens (including phenoxy) is 2. The molecule has 0 bridgehead atoms. The highest BCUT2D eigenvalue weighted by Crippen LogP contribution is 2.22. The molecule has 5 nitrogen and oxygen atoms in total. The Hall–Kier alpha value is -1.46. The summed E-state index contributed by atoms with van der Waals surface area (Å²) in [6.45, 7) is 5.34. The lowest BCUT2D eigenvalue weighted by Gasteiger charge is -2.12. The van der Waals surface area contributed by atoms with Crippen LogP contribution in [0.15, 0.2) is 23.2 Å². The molecule has 0 spiro atoms. The van der Waals surface area contributed by atoms with E-state index in [0.717, 1.165) is 74.2 Å². The summed E-state index contributed by atoms with van der Waals surface area (Å²) < 4.78 is 10.2. The van der Waals surface area contributed by atoms with Gasteiger partial charge in [-0.3, -0.25) is 4.99 Å². The number of aliphatic imine (C=N–C) groups is 1. The van der Waals surface area contributed by atoms with Gasteiger partial charge in [0.1, 0.15) is 5.75 Å². The van der Waals surface area contributed by atoms with Crippen LogP contribution in [-0.2, 0) is 11.2 Å². The second-order valence-electron chi connectivity index (χ2n) is 5.45. The summed E-state index contributed by atoms with van der Waals surface area (Å²) in [4.78, 5) is 4.59. The van der Waals surface area contributed by atoms with Gasteiger partial charge in [-0.2, -0.15) is 0 Å². The van der Waals surface area contributed by atoms with Crippen molar-refractivity contribution in [2.45, 2.75) is 32.6 Å². The van der Waals surface area contributed by atoms with Crippen molar-refractivity contribution >= 4 is 17.6 Å². The van der Waals surface area contributed by atoms with Gasteiger partial charge in [0.05, 0.1) is 7.11 Å². The fourth-order valence-electron chi connectivity index (χ4n) is 2.24. The molecular formula is C18H30ClN3O2. The molecule has 0 aliphatic carbocycles. The predicted octanol–water partition coefficient (Wildman–Crippen LogP) is 3.26. The van der Waals surface area contributed by atoms with E-state index in [9.17, 15) is 0 Å². The van der Waals surface area contributed by atoms with E-state index in [0.29, 0.717) is 0 Å². The average molecular weight is 356 g/mol. The molecule has 1 rings (SSSR count). The van der Waals surface area contributed by atoms with Crippen LogP contribution in [0.5, 0.6) is 5.75 Å². The van der Waals surface area contributed by atoms with Crippen molar-refractivity contribution in [1.29, 1.82) is 0 Å². The Balaban J connectivity index is 2.37. The van der Waals surface area contributed by atoms with E-state index in [4.69, 9.17) is 21.1 Å². The van der Waals surface area contributed by atoms with Gasteiger partial charge in [-0.15, -0.1) is 0 Å². The zero-order chi connectivity index (χ0) is 17.6. The van der Waals surface area contributed by atoms with Crippen LogP contribution in [0.4, 0.5) is 0 Å². The topological polar surface area (TPSA) is 54.9 Å². The Morgan fingerprint density at radius 3 is 2.67 bits per heavy atom. The Kier molecular flexibility index (Phi) is 11.1. The lowest BCUT2D eigenvalue weighted by atomic mass is 10.1. The highest BCUT2D eigenvalue weighted by atomic mass is 35.5. The molecule has 136 valence electrons. The minimum absolute atomic E-state index is 0.733. The SMILES string of the molecule is CCNC(=NCCCCCOC)NCCc1ccc(OC)cc1Cl. The van der Waals surface area contributed by atoms with Gasteiger partial charge in [-0.05, 0) is 50.3 Å². The molecule has 0 aliphatic rings. The third kappa shape index (κ3) is 8.41. The molecule has 0 unspecified atom stereocenters. The van der Waals surface area contributed by atoms with Gasteiger partial charge in [0.25, 0.3) is 0 Å². The normalized spacial score (nSPS) is 11.4. The molecule has 2 N–H and O–H groups in total. The number of guanidine groups is 1. The van der Waals surface area contributed by atoms with Gasteiger partial charge in [-0.1, -0.05) is 17.7 Å². The minimum Gasteiger partial charge on any atom is -0.497 e. The van der Waals surface area contributed by atoms with E-state index >= 15 is 0 Å². The number of unbranched alkanes of at least 4 members (excludes halogenated alkanes) is 2. The van der Waals surface area contributed by atoms with Crippen molar-refractivity contribution in [3.05, 3.63) is 28.8 Å². The van der Waals surface area contributed by atoms with Crippen molar-refractivity contribution in [3.63, 3.8) is 0 Å². The maximum Gasteiger partial charge on any atom is 0.191 e. The molecule has 0 saturated heterocycles. The van der Waals surface area contributed by atoms with Crippen LogP contribution < -0.4 is 15.4 Å². The summed E-state index contributed by atoms with van der Waals surface area (Å²) in [5.41, 5.74) is 1.10. The number of methoxy groups -OCH3 is 2. The lowest BCUT2D eigenvalue weighted by molar-refractivity contribution is 0.192. The molecule has 6 heteroatoms. The van der Waals surface area contributed by atoms with Gasteiger partial charge in [0.15, 0.2) is 5.96 Å². The van der Waals surface area contributed by atoms with Crippen molar-refractivity contribution < 1.29 is 9.47 Å². The number of benzene rings is 1. The van der Waals surface area contributed by atoms with Gasteiger partial charge in [0, 0.05) is 38.4 Å². The Bertz CT molecular complexity index is 495. The first-order valence-electron chi connectivity index (χ1n) is 8.54. The van der Waals surface area contributed by atoms with Gasteiger partial charge < -0.3 is 20.1 Å². The first kappa shape index (κ1) is 20.6. The predicted molar refractivity (Wildman–Crippen MR) is 101 cm³/mol. The summed E-state index contributed by atoms with van der Waals surface area (Å²) in [5.74, 6) is 1.63. The molecule has 0 aliphatic heterocycles. The van der Waals surface area contributed by atoms with Crippen LogP contribution in [0.3, 0.4) is 0 Å². The average Bonchev–Trinajstić information content (AvgIpc) is 2.59. The Morgan fingerprint density at radius 2 is 2.00 bits per heavy atom. The van der Waals surface area contributed by atoms with Crippen LogP contribution in [0.1, 0.15) is 31.7 Å². The molecule has 1 aromatic rings. The first-order chi connectivity index (χ1) is 11.7. The third-order valence-corrected chi connectivity index (χ3v) is 3.92. The second kappa shape index (κ2) is 12.9. The quantitative estimate of drug-likeness (QED) is 0.363. The molecule has 0 aromatic heterocycles. The molecular weight excluding hydrogens is 326 g/mol. The maximum atomic E-state index is 6.26. The molecule has 24 heavy (non-hydrogen) atoms. The molecule has 1 aromatic carbocycles. The van der Waals surface area contributed by atoms with E-state index in [1.807, 2.05) is 18.2 Å². The summed E-state index contributed by atoms with van der Waals surface area (Å²) in [7, 11) is 3.38. The fraction of sp³-hybridized carbons (Fsp3) is 0.611. The highest BCUT2D eigenvalue weighted by Gasteiger charge is 2.03. The second-order valence-corrected chi connectivity index (χ2v) is 5.86. The van der Waals surface area contributed by atoms with Crippen molar-refractivity contribution in [1.82, 2.24) is 10.6 Å². The smallest absolute Gasteiger partial charge is 0.191 e. The minimum atomic E-state index is 0.733. The van der Waals surface area contributed by atoms with Crippen LogP contribution >= 0.6 is 11.6 Å². The number of nitrogens with one attached hydrogen (secondary N) is 2. The summed E-state index contributed by atoms with van der Waals surface area (Å²) in [5, 5.41) is 7.35. The van der Waals surface area contributed by atoms with Crippen molar-refractivity contribution in [3.8, 4) is 5.75 Å². The third-order valence-electron chi connectivity index (χ3n) is 3.57. The highest BCUT2D eigenvalue weighted by molar-refractivity contribution is 6.31. The Labute approximate surface area is 150 Å². The van der Waals surface area contributed by atoms with E-state index in [1.165, 1.54) is 0 Å². The van der Waals surface area contributed by atoms with E-state index in [1.54, 1.807) is 14.2 Å². The van der Waals surface area contributed by atoms with E-state index in [-0.39, 0.29) is 0 Å². The van der Waals surface area contributed by atoms with Gasteiger partial charge in [-0.25, -0.2) is 0 Å². The van der Waals surface area contributed by atoms with E-state index in [2.05, 4.69) is 22.5 Å². The van der Waals surface area contributed by atoms with Crippen molar-refractivity contribution in [2.24, 2.45) is 4.99 Å². The number of halogens is 1. The molecule has 0 radical (unpaired) electrons. The largest absolute Gasteiger partial charge is 0.497 e. The van der Waals surface area contributed by atoms with Crippen LogP contribution in [0.2, 0.25) is 5.02 Å². The fourth-order valence-corrected chi connectivity index (χ4v) is 2.51.